The third-order valence-corrected chi connectivity index (χ3v) is 2.47. The zero-order chi connectivity index (χ0) is 11.0. The molecule has 0 spiro atoms. The lowest BCUT2D eigenvalue weighted by molar-refractivity contribution is -0.115. The van der Waals surface area contributed by atoms with E-state index in [1.165, 1.54) is 0 Å². The molecule has 0 saturated heterocycles. The topological polar surface area (TPSA) is 51.2 Å². The van der Waals surface area contributed by atoms with E-state index >= 15 is 0 Å². The number of carbonyl (C=O) groups is 3. The molecule has 1 aliphatic rings. The molecular weight excluding hydrogens is 192 g/mol. The van der Waals surface area contributed by atoms with E-state index in [0.717, 1.165) is 6.08 Å². The van der Waals surface area contributed by atoms with Gasteiger partial charge >= 0.3 is 0 Å². The summed E-state index contributed by atoms with van der Waals surface area (Å²) in [4.78, 5) is 34.8. The summed E-state index contributed by atoms with van der Waals surface area (Å²) in [5.74, 6) is -2.55. The van der Waals surface area contributed by atoms with Gasteiger partial charge in [-0.25, -0.2) is 0 Å². The van der Waals surface area contributed by atoms with E-state index < -0.39 is 23.3 Å². The Kier molecular flexibility index (Phi) is 2.08. The summed E-state index contributed by atoms with van der Waals surface area (Å²) < 4.78 is 0. The van der Waals surface area contributed by atoms with Gasteiger partial charge < -0.3 is 0 Å². The van der Waals surface area contributed by atoms with Crippen molar-refractivity contribution in [1.82, 2.24) is 0 Å². The number of allylic oxidation sites excluding steroid dienone is 1. The Hall–Kier alpha value is -2.03. The van der Waals surface area contributed by atoms with Gasteiger partial charge in [-0.3, -0.25) is 14.4 Å². The molecule has 0 aliphatic heterocycles. The van der Waals surface area contributed by atoms with E-state index in [1.54, 1.807) is 24.3 Å². The van der Waals surface area contributed by atoms with Crippen molar-refractivity contribution in [2.75, 3.05) is 0 Å². The molecule has 74 valence electrons. The maximum atomic E-state index is 11.7. The van der Waals surface area contributed by atoms with Gasteiger partial charge in [-0.1, -0.05) is 30.8 Å². The number of hydrogen-bond acceptors (Lipinski definition) is 3. The Balaban J connectivity index is 2.55. The fourth-order valence-electron chi connectivity index (χ4n) is 1.72. The third kappa shape index (κ3) is 1.24. The predicted octanol–water partition coefficient (Wildman–Crippen LogP) is 1.44. The minimum absolute atomic E-state index is 0.336. The molecular formula is C12H8O3. The van der Waals surface area contributed by atoms with Crippen LogP contribution in [0.25, 0.3) is 0 Å². The van der Waals surface area contributed by atoms with Crippen LogP contribution in [0.3, 0.4) is 0 Å². The highest BCUT2D eigenvalue weighted by Crippen LogP contribution is 2.27. The second kappa shape index (κ2) is 3.28. The molecule has 0 N–H and O–H groups in total. The lowest BCUT2D eigenvalue weighted by Gasteiger charge is -1.99. The van der Waals surface area contributed by atoms with E-state index in [4.69, 9.17) is 0 Å². The molecule has 0 aromatic heterocycles. The Morgan fingerprint density at radius 1 is 1.13 bits per heavy atom. The standard InChI is InChI=1S/C12H8O3/c1-2-9(13)10-11(14)7-5-3-4-6-8(7)12(10)15/h2-6,10H,1H2. The van der Waals surface area contributed by atoms with Crippen molar-refractivity contribution >= 4 is 17.3 Å². The van der Waals surface area contributed by atoms with Crippen LogP contribution < -0.4 is 0 Å². The van der Waals surface area contributed by atoms with Crippen molar-refractivity contribution in [3.63, 3.8) is 0 Å². The van der Waals surface area contributed by atoms with Crippen LogP contribution in [0.5, 0.6) is 0 Å². The Morgan fingerprint density at radius 3 is 2.00 bits per heavy atom. The number of fused-ring (bicyclic) bond motifs is 1. The fourth-order valence-corrected chi connectivity index (χ4v) is 1.72. The minimum atomic E-state index is -1.19. The SMILES string of the molecule is C=CC(=O)C1C(=O)c2ccccc2C1=O. The van der Waals surface area contributed by atoms with Gasteiger partial charge in [0, 0.05) is 11.1 Å². The van der Waals surface area contributed by atoms with Gasteiger partial charge in [-0.2, -0.15) is 0 Å². The molecule has 1 aromatic rings. The van der Waals surface area contributed by atoms with E-state index in [9.17, 15) is 14.4 Å². The summed E-state index contributed by atoms with van der Waals surface area (Å²) in [7, 11) is 0. The van der Waals surface area contributed by atoms with Gasteiger partial charge in [-0.15, -0.1) is 0 Å². The molecule has 2 rings (SSSR count). The number of rotatable bonds is 2. The fraction of sp³-hybridized carbons (Fsp3) is 0.0833. The number of benzene rings is 1. The maximum Gasteiger partial charge on any atom is 0.182 e. The number of hydrogen-bond donors (Lipinski definition) is 0. The van der Waals surface area contributed by atoms with Crippen LogP contribution in [-0.4, -0.2) is 17.3 Å². The minimum Gasteiger partial charge on any atom is -0.294 e. The molecule has 0 saturated carbocycles. The zero-order valence-electron chi connectivity index (χ0n) is 7.90. The predicted molar refractivity (Wildman–Crippen MR) is 53.8 cm³/mol. The highest BCUT2D eigenvalue weighted by atomic mass is 16.2. The van der Waals surface area contributed by atoms with Crippen LogP contribution in [0.15, 0.2) is 36.9 Å². The Bertz CT molecular complexity index is 450. The molecule has 1 aromatic carbocycles. The summed E-state index contributed by atoms with van der Waals surface area (Å²) in [6.45, 7) is 3.28. The van der Waals surface area contributed by atoms with Crippen molar-refractivity contribution in [1.29, 1.82) is 0 Å². The van der Waals surface area contributed by atoms with Gasteiger partial charge in [0.2, 0.25) is 0 Å². The van der Waals surface area contributed by atoms with Crippen LogP contribution in [0.4, 0.5) is 0 Å². The molecule has 0 amide bonds. The van der Waals surface area contributed by atoms with Crippen LogP contribution in [-0.2, 0) is 4.79 Å². The van der Waals surface area contributed by atoms with Crippen molar-refractivity contribution < 1.29 is 14.4 Å². The number of carbonyl (C=O) groups excluding carboxylic acids is 3. The summed E-state index contributed by atoms with van der Waals surface area (Å²) >= 11 is 0. The van der Waals surface area contributed by atoms with Crippen LogP contribution >= 0.6 is 0 Å². The van der Waals surface area contributed by atoms with E-state index in [1.807, 2.05) is 0 Å². The van der Waals surface area contributed by atoms with E-state index in [-0.39, 0.29) is 0 Å². The quantitative estimate of drug-likeness (QED) is 0.536. The first-order valence-corrected chi connectivity index (χ1v) is 4.50. The lowest BCUT2D eigenvalue weighted by atomic mass is 9.99. The van der Waals surface area contributed by atoms with Crippen molar-refractivity contribution in [2.45, 2.75) is 0 Å². The zero-order valence-corrected chi connectivity index (χ0v) is 7.90. The first kappa shape index (κ1) is 9.52. The molecule has 0 heterocycles. The van der Waals surface area contributed by atoms with Gasteiger partial charge in [0.15, 0.2) is 17.3 Å². The molecule has 15 heavy (non-hydrogen) atoms. The van der Waals surface area contributed by atoms with Crippen molar-refractivity contribution in [3.05, 3.63) is 48.0 Å². The number of Topliss-reactive ketones (excluding diaryl/α,β-unsaturated/α-hetero) is 2. The largest absolute Gasteiger partial charge is 0.294 e. The van der Waals surface area contributed by atoms with Crippen LogP contribution in [0.2, 0.25) is 0 Å². The molecule has 0 atom stereocenters. The first-order chi connectivity index (χ1) is 7.16. The Labute approximate surface area is 86.4 Å². The molecule has 0 bridgehead atoms. The molecule has 1 aliphatic carbocycles. The van der Waals surface area contributed by atoms with Gasteiger partial charge in [0.05, 0.1) is 0 Å². The molecule has 0 unspecified atom stereocenters. The van der Waals surface area contributed by atoms with Crippen LogP contribution in [0, 0.1) is 5.92 Å². The normalized spacial score (nSPS) is 15.2. The van der Waals surface area contributed by atoms with Crippen LogP contribution in [0.1, 0.15) is 20.7 Å². The smallest absolute Gasteiger partial charge is 0.182 e. The third-order valence-electron chi connectivity index (χ3n) is 2.47. The van der Waals surface area contributed by atoms with Crippen molar-refractivity contribution in [2.24, 2.45) is 5.92 Å². The second-order valence-corrected chi connectivity index (χ2v) is 3.31. The highest BCUT2D eigenvalue weighted by molar-refractivity contribution is 6.36. The summed E-state index contributed by atoms with van der Waals surface area (Å²) in [6.07, 6.45) is 1.02. The van der Waals surface area contributed by atoms with E-state index in [0.29, 0.717) is 11.1 Å². The van der Waals surface area contributed by atoms with Crippen molar-refractivity contribution in [3.8, 4) is 0 Å². The average Bonchev–Trinajstić information content (AvgIpc) is 2.52. The summed E-state index contributed by atoms with van der Waals surface area (Å²) in [6, 6.07) is 6.47. The highest BCUT2D eigenvalue weighted by Gasteiger charge is 2.41. The molecule has 0 fully saturated rings. The maximum absolute atomic E-state index is 11.7. The summed E-state index contributed by atoms with van der Waals surface area (Å²) in [5, 5.41) is 0. The molecule has 3 nitrogen and oxygen atoms in total. The molecule has 0 radical (unpaired) electrons. The Morgan fingerprint density at radius 2 is 1.60 bits per heavy atom. The molecule has 3 heteroatoms. The van der Waals surface area contributed by atoms with Gasteiger partial charge in [0.1, 0.15) is 5.92 Å². The monoisotopic (exact) mass is 200 g/mol. The lowest BCUT2D eigenvalue weighted by Crippen LogP contribution is -2.23. The first-order valence-electron chi connectivity index (χ1n) is 4.50. The van der Waals surface area contributed by atoms with E-state index in [2.05, 4.69) is 6.58 Å². The number of ketones is 3. The van der Waals surface area contributed by atoms with Gasteiger partial charge in [0.25, 0.3) is 0 Å². The average molecular weight is 200 g/mol. The van der Waals surface area contributed by atoms with Gasteiger partial charge in [-0.05, 0) is 6.08 Å². The summed E-state index contributed by atoms with van der Waals surface area (Å²) in [5.41, 5.74) is 0.672. The second-order valence-electron chi connectivity index (χ2n) is 3.31.